The Morgan fingerprint density at radius 3 is 2.46 bits per heavy atom. The Kier molecular flexibility index (Phi) is 4.19. The van der Waals surface area contributed by atoms with Crippen LogP contribution in [-0.4, -0.2) is 18.2 Å². The second kappa shape index (κ2) is 5.20. The van der Waals surface area contributed by atoms with Gasteiger partial charge < -0.3 is 4.74 Å². The molecule has 1 saturated carbocycles. The van der Waals surface area contributed by atoms with Crippen LogP contribution in [-0.2, 0) is 9.53 Å². The fraction of sp³-hybridized carbons (Fsp3) is 0.900. The highest BCUT2D eigenvalue weighted by molar-refractivity contribution is 5.66. The minimum atomic E-state index is -0.954. The van der Waals surface area contributed by atoms with Gasteiger partial charge in [0.1, 0.15) is 12.3 Å². The van der Waals surface area contributed by atoms with Crippen molar-refractivity contribution >= 4 is 5.97 Å². The molecule has 0 aromatic carbocycles. The van der Waals surface area contributed by atoms with Crippen LogP contribution in [0.2, 0.25) is 0 Å². The van der Waals surface area contributed by atoms with Gasteiger partial charge in [-0.1, -0.05) is 19.3 Å². The van der Waals surface area contributed by atoms with Crippen LogP contribution >= 0.6 is 0 Å². The lowest BCUT2D eigenvalue weighted by Gasteiger charge is -2.22. The second-order valence-electron chi connectivity index (χ2n) is 3.66. The van der Waals surface area contributed by atoms with E-state index in [9.17, 15) is 9.18 Å². The maximum absolute atomic E-state index is 13.4. The number of ether oxygens (including phenoxy) is 1. The van der Waals surface area contributed by atoms with E-state index in [2.05, 4.69) is 0 Å². The van der Waals surface area contributed by atoms with Crippen LogP contribution in [0.25, 0.3) is 0 Å². The molecule has 0 radical (unpaired) electrons. The number of halogens is 1. The Hall–Kier alpha value is -0.600. The van der Waals surface area contributed by atoms with E-state index in [1.807, 2.05) is 0 Å². The molecule has 0 unspecified atom stereocenters. The van der Waals surface area contributed by atoms with Crippen molar-refractivity contribution in [1.82, 2.24) is 0 Å². The normalized spacial score (nSPS) is 30.3. The van der Waals surface area contributed by atoms with Crippen molar-refractivity contribution in [2.45, 2.75) is 57.7 Å². The van der Waals surface area contributed by atoms with Crippen molar-refractivity contribution in [3.05, 3.63) is 0 Å². The fourth-order valence-corrected chi connectivity index (χ4v) is 1.75. The zero-order chi connectivity index (χ0) is 9.68. The van der Waals surface area contributed by atoms with Crippen molar-refractivity contribution in [3.63, 3.8) is 0 Å². The van der Waals surface area contributed by atoms with Gasteiger partial charge in [-0.25, -0.2) is 4.39 Å². The molecule has 0 N–H and O–H groups in total. The van der Waals surface area contributed by atoms with E-state index >= 15 is 0 Å². The van der Waals surface area contributed by atoms with E-state index < -0.39 is 12.3 Å². The molecule has 1 aliphatic carbocycles. The number of hydrogen-bond donors (Lipinski definition) is 0. The zero-order valence-corrected chi connectivity index (χ0v) is 8.09. The van der Waals surface area contributed by atoms with Crippen LogP contribution in [0.4, 0.5) is 4.39 Å². The first-order valence-corrected chi connectivity index (χ1v) is 5.01. The van der Waals surface area contributed by atoms with Crippen molar-refractivity contribution in [3.8, 4) is 0 Å². The number of esters is 1. The Morgan fingerprint density at radius 2 is 1.85 bits per heavy atom. The summed E-state index contributed by atoms with van der Waals surface area (Å²) < 4.78 is 18.3. The predicted octanol–water partition coefficient (Wildman–Crippen LogP) is 2.61. The van der Waals surface area contributed by atoms with Crippen molar-refractivity contribution in [1.29, 1.82) is 0 Å². The highest BCUT2D eigenvalue weighted by Crippen LogP contribution is 2.22. The first-order valence-electron chi connectivity index (χ1n) is 5.01. The van der Waals surface area contributed by atoms with Crippen LogP contribution < -0.4 is 0 Å². The summed E-state index contributed by atoms with van der Waals surface area (Å²) in [7, 11) is 0. The molecule has 0 aromatic rings. The monoisotopic (exact) mass is 188 g/mol. The van der Waals surface area contributed by atoms with Crippen LogP contribution in [0.3, 0.4) is 0 Å². The SMILES string of the molecule is CC(=O)O[C@@H]1CCCCCC[C@H]1F. The lowest BCUT2D eigenvalue weighted by Crippen LogP contribution is -2.28. The Balaban J connectivity index is 2.41. The fourth-order valence-electron chi connectivity index (χ4n) is 1.75. The molecule has 0 spiro atoms. The quantitative estimate of drug-likeness (QED) is 0.591. The molecule has 3 heteroatoms. The van der Waals surface area contributed by atoms with Gasteiger partial charge in [0.05, 0.1) is 0 Å². The number of hydrogen-bond acceptors (Lipinski definition) is 2. The number of rotatable bonds is 1. The minimum Gasteiger partial charge on any atom is -0.459 e. The molecule has 0 amide bonds. The molecular weight excluding hydrogens is 171 g/mol. The summed E-state index contributed by atoms with van der Waals surface area (Å²) in [6.45, 7) is 1.34. The largest absolute Gasteiger partial charge is 0.459 e. The summed E-state index contributed by atoms with van der Waals surface area (Å²) in [4.78, 5) is 10.7. The average molecular weight is 188 g/mol. The van der Waals surface area contributed by atoms with Gasteiger partial charge in [0.2, 0.25) is 0 Å². The van der Waals surface area contributed by atoms with Crippen LogP contribution in [0.1, 0.15) is 45.4 Å². The van der Waals surface area contributed by atoms with Crippen LogP contribution in [0.15, 0.2) is 0 Å². The molecule has 1 rings (SSSR count). The first-order chi connectivity index (χ1) is 6.20. The smallest absolute Gasteiger partial charge is 0.303 e. The molecule has 2 atom stereocenters. The molecule has 2 nitrogen and oxygen atoms in total. The Bertz CT molecular complexity index is 170. The molecular formula is C10H17FO2. The molecule has 1 fully saturated rings. The lowest BCUT2D eigenvalue weighted by atomic mass is 9.97. The van der Waals surface area contributed by atoms with Gasteiger partial charge in [-0.15, -0.1) is 0 Å². The summed E-state index contributed by atoms with van der Waals surface area (Å²) >= 11 is 0. The molecule has 1 aliphatic rings. The van der Waals surface area contributed by atoms with Gasteiger partial charge in [-0.2, -0.15) is 0 Å². The topological polar surface area (TPSA) is 26.3 Å². The average Bonchev–Trinajstić information content (AvgIpc) is 2.04. The Morgan fingerprint density at radius 1 is 1.23 bits per heavy atom. The molecule has 0 bridgehead atoms. The van der Waals surface area contributed by atoms with Gasteiger partial charge in [-0.05, 0) is 19.3 Å². The minimum absolute atomic E-state index is 0.367. The molecule has 0 aromatic heterocycles. The predicted molar refractivity (Wildman–Crippen MR) is 48.2 cm³/mol. The molecule has 13 heavy (non-hydrogen) atoms. The highest BCUT2D eigenvalue weighted by Gasteiger charge is 2.24. The van der Waals surface area contributed by atoms with Gasteiger partial charge in [0.25, 0.3) is 0 Å². The van der Waals surface area contributed by atoms with Crippen molar-refractivity contribution in [2.24, 2.45) is 0 Å². The van der Waals surface area contributed by atoms with Crippen LogP contribution in [0.5, 0.6) is 0 Å². The lowest BCUT2D eigenvalue weighted by molar-refractivity contribution is -0.150. The van der Waals surface area contributed by atoms with E-state index in [1.54, 1.807) is 0 Å². The molecule has 76 valence electrons. The van der Waals surface area contributed by atoms with E-state index in [-0.39, 0.29) is 5.97 Å². The maximum atomic E-state index is 13.4. The summed E-state index contributed by atoms with van der Waals surface area (Å²) in [6, 6.07) is 0. The van der Waals surface area contributed by atoms with Crippen molar-refractivity contribution < 1.29 is 13.9 Å². The van der Waals surface area contributed by atoms with Crippen LogP contribution in [0, 0.1) is 0 Å². The first kappa shape index (κ1) is 10.5. The summed E-state index contributed by atoms with van der Waals surface area (Å²) in [5, 5.41) is 0. The highest BCUT2D eigenvalue weighted by atomic mass is 19.1. The third-order valence-electron chi connectivity index (χ3n) is 2.44. The summed E-state index contributed by atoms with van der Waals surface area (Å²) in [5.74, 6) is -0.367. The van der Waals surface area contributed by atoms with E-state index in [4.69, 9.17) is 4.74 Å². The molecule has 0 aliphatic heterocycles. The second-order valence-corrected chi connectivity index (χ2v) is 3.66. The number of carbonyl (C=O) groups is 1. The Labute approximate surface area is 78.5 Å². The number of alkyl halides is 1. The van der Waals surface area contributed by atoms with Gasteiger partial charge in [0.15, 0.2) is 0 Å². The van der Waals surface area contributed by atoms with Crippen molar-refractivity contribution in [2.75, 3.05) is 0 Å². The van der Waals surface area contributed by atoms with Gasteiger partial charge in [0, 0.05) is 6.92 Å². The third-order valence-corrected chi connectivity index (χ3v) is 2.44. The van der Waals surface area contributed by atoms with Gasteiger partial charge >= 0.3 is 5.97 Å². The van der Waals surface area contributed by atoms with E-state index in [0.29, 0.717) is 12.8 Å². The van der Waals surface area contributed by atoms with E-state index in [1.165, 1.54) is 6.92 Å². The van der Waals surface area contributed by atoms with E-state index in [0.717, 1.165) is 25.7 Å². The number of carbonyl (C=O) groups excluding carboxylic acids is 1. The maximum Gasteiger partial charge on any atom is 0.303 e. The molecule has 0 heterocycles. The zero-order valence-electron chi connectivity index (χ0n) is 8.09. The standard InChI is InChI=1S/C10H17FO2/c1-8(12)13-10-7-5-3-2-4-6-9(10)11/h9-10H,2-7H2,1H3/t9-,10-/m1/s1. The molecule has 0 saturated heterocycles. The van der Waals surface area contributed by atoms with Gasteiger partial charge in [-0.3, -0.25) is 4.79 Å². The third kappa shape index (κ3) is 3.75. The summed E-state index contributed by atoms with van der Waals surface area (Å²) in [5.41, 5.74) is 0. The summed E-state index contributed by atoms with van der Waals surface area (Å²) in [6.07, 6.45) is 3.90.